The Hall–Kier alpha value is 0.759. The van der Waals surface area contributed by atoms with Crippen LogP contribution in [0, 0.1) is 11.8 Å². The van der Waals surface area contributed by atoms with Crippen molar-refractivity contribution in [2.24, 2.45) is 11.8 Å². The molecule has 0 aromatic heterocycles. The first-order valence-corrected chi connectivity index (χ1v) is 16.2. The molecule has 1 N–H and O–H groups in total. The summed E-state index contributed by atoms with van der Waals surface area (Å²) in [4.78, 5) is 7.53. The van der Waals surface area contributed by atoms with Gasteiger partial charge in [0, 0.05) is 0 Å². The summed E-state index contributed by atoms with van der Waals surface area (Å²) in [6.07, 6.45) is 3.55. The molecule has 0 amide bonds. The fourth-order valence-electron chi connectivity index (χ4n) is 2.58. The molecular weight excluding hydrogens is 279 g/mol. The monoisotopic (exact) mass is 306 g/mol. The fraction of sp³-hybridized carbons (Fsp3) is 1.00. The van der Waals surface area contributed by atoms with E-state index in [1.165, 1.54) is 6.42 Å². The maximum absolute atomic E-state index is 9.90. The van der Waals surface area contributed by atoms with Crippen molar-refractivity contribution in [3.8, 4) is 0 Å². The van der Waals surface area contributed by atoms with Crippen LogP contribution in [0.25, 0.3) is 0 Å². The van der Waals surface area contributed by atoms with E-state index in [1.54, 1.807) is 0 Å². The zero-order chi connectivity index (χ0) is 10.9. The van der Waals surface area contributed by atoms with Gasteiger partial charge in [-0.15, -0.1) is 0 Å². The van der Waals surface area contributed by atoms with Gasteiger partial charge in [0.1, 0.15) is 0 Å². The molecule has 1 aliphatic carbocycles. The van der Waals surface area contributed by atoms with E-state index >= 15 is 0 Å². The number of aliphatic hydroxyl groups excluding tert-OH is 1. The number of rotatable bonds is 2. The zero-order valence-corrected chi connectivity index (χ0v) is 13.2. The molecule has 2 heteroatoms. The van der Waals surface area contributed by atoms with E-state index in [1.807, 2.05) is 0 Å². The van der Waals surface area contributed by atoms with E-state index < -0.39 is 18.4 Å². The average Bonchev–Trinajstić information content (AvgIpc) is 2.01. The van der Waals surface area contributed by atoms with Crippen LogP contribution in [0.1, 0.15) is 33.1 Å². The van der Waals surface area contributed by atoms with E-state index in [9.17, 15) is 5.11 Å². The molecule has 14 heavy (non-hydrogen) atoms. The molecule has 1 nitrogen and oxygen atoms in total. The first-order chi connectivity index (χ1) is 6.30. The van der Waals surface area contributed by atoms with Gasteiger partial charge in [0.05, 0.1) is 0 Å². The number of aliphatic hydroxyl groups is 1. The van der Waals surface area contributed by atoms with E-state index in [2.05, 4.69) is 28.7 Å². The molecule has 0 heterocycles. The summed E-state index contributed by atoms with van der Waals surface area (Å²) in [5.74, 6) is 1.53. The topological polar surface area (TPSA) is 20.2 Å². The normalized spacial score (nSPS) is 34.9. The Balaban J connectivity index is 2.63. The molecule has 3 atom stereocenters. The molecule has 1 rings (SSSR count). The Bertz CT molecular complexity index is 183. The molecule has 1 fully saturated rings. The summed E-state index contributed by atoms with van der Waals surface area (Å²) in [6.45, 7) is 4.61. The van der Waals surface area contributed by atoms with Crippen molar-refractivity contribution < 1.29 is 5.11 Å². The number of hydrogen-bond acceptors (Lipinski definition) is 1. The summed E-state index contributed by atoms with van der Waals surface area (Å²) in [6, 6.07) is 0. The third-order valence-electron chi connectivity index (χ3n) is 3.89. The molecule has 0 bridgehead atoms. The van der Waals surface area contributed by atoms with Crippen molar-refractivity contribution >= 4 is 18.4 Å². The van der Waals surface area contributed by atoms with Gasteiger partial charge in [0.15, 0.2) is 0 Å². The molecule has 1 aliphatic rings. The van der Waals surface area contributed by atoms with Crippen LogP contribution >= 0.6 is 0 Å². The van der Waals surface area contributed by atoms with Crippen molar-refractivity contribution in [3.05, 3.63) is 0 Å². The van der Waals surface area contributed by atoms with Crippen LogP contribution in [0.2, 0.25) is 18.8 Å². The molecule has 0 aromatic carbocycles. The third kappa shape index (κ3) is 3.41. The van der Waals surface area contributed by atoms with Gasteiger partial charge in [0.25, 0.3) is 0 Å². The van der Waals surface area contributed by atoms with Crippen LogP contribution < -0.4 is 0 Å². The van der Waals surface area contributed by atoms with Crippen molar-refractivity contribution in [1.82, 2.24) is 0 Å². The van der Waals surface area contributed by atoms with Gasteiger partial charge < -0.3 is 0 Å². The third-order valence-corrected chi connectivity index (χ3v) is 12.2. The van der Waals surface area contributed by atoms with Crippen LogP contribution in [0.3, 0.4) is 0 Å². The predicted octanol–water partition coefficient (Wildman–Crippen LogP) is 3.51. The Morgan fingerprint density at radius 3 is 2.07 bits per heavy atom. The Morgan fingerprint density at radius 1 is 1.07 bits per heavy atom. The van der Waals surface area contributed by atoms with Crippen molar-refractivity contribution in [1.29, 1.82) is 0 Å². The van der Waals surface area contributed by atoms with Gasteiger partial charge in [0.2, 0.25) is 0 Å². The summed E-state index contributed by atoms with van der Waals surface area (Å²) < 4.78 is 0.903. The van der Waals surface area contributed by atoms with Crippen LogP contribution in [0.4, 0.5) is 0 Å². The van der Waals surface area contributed by atoms with Crippen molar-refractivity contribution in [3.63, 3.8) is 0 Å². The summed E-state index contributed by atoms with van der Waals surface area (Å²) in [5, 5.41) is 9.90. The molecule has 1 saturated carbocycles. The van der Waals surface area contributed by atoms with E-state index in [-0.39, 0.29) is 6.10 Å². The maximum atomic E-state index is 9.90. The molecule has 0 saturated heterocycles. The minimum atomic E-state index is -1.76. The SMILES string of the molecule is CC(C)[C@H]1C[C@@H](O)C[C@H]([Sn]([CH3])([CH3])[CH3])C1. The van der Waals surface area contributed by atoms with Crippen LogP contribution in [-0.2, 0) is 0 Å². The Labute approximate surface area is 93.2 Å². The second-order valence-electron chi connectivity index (χ2n) is 6.43. The molecule has 0 spiro atoms. The molecule has 0 radical (unpaired) electrons. The van der Waals surface area contributed by atoms with Crippen LogP contribution in [-0.4, -0.2) is 29.6 Å². The fourth-order valence-corrected chi connectivity index (χ4v) is 8.26. The molecule has 0 aliphatic heterocycles. The second kappa shape index (κ2) is 4.73. The summed E-state index contributed by atoms with van der Waals surface area (Å²) >= 11 is -1.76. The molecule has 84 valence electrons. The van der Waals surface area contributed by atoms with Crippen molar-refractivity contribution in [2.75, 3.05) is 0 Å². The van der Waals surface area contributed by atoms with Crippen LogP contribution in [0.15, 0.2) is 0 Å². The van der Waals surface area contributed by atoms with Gasteiger partial charge in [-0.05, 0) is 0 Å². The molecule has 0 aromatic rings. The van der Waals surface area contributed by atoms with Gasteiger partial charge in [-0.2, -0.15) is 0 Å². The summed E-state index contributed by atoms with van der Waals surface area (Å²) in [7, 11) is 0. The van der Waals surface area contributed by atoms with Crippen LogP contribution in [0.5, 0.6) is 0 Å². The van der Waals surface area contributed by atoms with Gasteiger partial charge >= 0.3 is 93.3 Å². The predicted molar refractivity (Wildman–Crippen MR) is 65.3 cm³/mol. The van der Waals surface area contributed by atoms with Gasteiger partial charge in [-0.25, -0.2) is 0 Å². The number of hydrogen-bond donors (Lipinski definition) is 1. The Morgan fingerprint density at radius 2 is 1.64 bits per heavy atom. The zero-order valence-electron chi connectivity index (χ0n) is 10.4. The minimum absolute atomic E-state index is 0.00271. The Kier molecular flexibility index (Phi) is 4.33. The summed E-state index contributed by atoms with van der Waals surface area (Å²) in [5.41, 5.74) is 0. The average molecular weight is 305 g/mol. The first-order valence-electron chi connectivity index (χ1n) is 5.98. The standard InChI is InChI=1S/C9H17O.3CH3.Sn/c1-7(2)8-4-3-5-9(10)6-8;;;;/h3,7-10H,4-6H2,1-2H3;3*1H3;/t8-,9+;;;;/m1..../s1. The van der Waals surface area contributed by atoms with E-state index in [0.717, 1.165) is 28.6 Å². The van der Waals surface area contributed by atoms with Crippen molar-refractivity contribution in [2.45, 2.75) is 58.0 Å². The van der Waals surface area contributed by atoms with E-state index in [0.29, 0.717) is 0 Å². The van der Waals surface area contributed by atoms with E-state index in [4.69, 9.17) is 0 Å². The molecule has 0 unspecified atom stereocenters. The van der Waals surface area contributed by atoms with Gasteiger partial charge in [-0.1, -0.05) is 0 Å². The second-order valence-corrected chi connectivity index (χ2v) is 22.3. The molecular formula is C12H26OSn. The quantitative estimate of drug-likeness (QED) is 0.774. The first kappa shape index (κ1) is 12.8. The van der Waals surface area contributed by atoms with Gasteiger partial charge in [-0.3, -0.25) is 0 Å².